The number of carbonyl (C=O) groups excluding carboxylic acids is 1. The van der Waals surface area contributed by atoms with Gasteiger partial charge < -0.3 is 5.11 Å². The summed E-state index contributed by atoms with van der Waals surface area (Å²) < 4.78 is 28.2. The Bertz CT molecular complexity index is 1650. The van der Waals surface area contributed by atoms with Gasteiger partial charge in [0.2, 0.25) is 5.91 Å². The van der Waals surface area contributed by atoms with Gasteiger partial charge in [-0.25, -0.2) is 15.0 Å². The number of aromatic nitrogens is 6. The van der Waals surface area contributed by atoms with Crippen LogP contribution in [0, 0.1) is 19.8 Å². The van der Waals surface area contributed by atoms with Crippen LogP contribution in [0.25, 0.3) is 0 Å². The van der Waals surface area contributed by atoms with Crippen molar-refractivity contribution >= 4 is 38.8 Å². The highest BCUT2D eigenvalue weighted by Gasteiger charge is 2.31. The number of carbonyl (C=O) groups is 1. The van der Waals surface area contributed by atoms with Gasteiger partial charge in [0, 0.05) is 35.8 Å². The van der Waals surface area contributed by atoms with Crippen molar-refractivity contribution in [3.8, 4) is 0 Å². The maximum absolute atomic E-state index is 13.8. The van der Waals surface area contributed by atoms with Crippen LogP contribution in [0.5, 0.6) is 0 Å². The monoisotopic (exact) mass is 608 g/mol. The largest absolute Gasteiger partial charge is 0.393 e. The predicted molar refractivity (Wildman–Crippen MR) is 157 cm³/mol. The van der Waals surface area contributed by atoms with Crippen LogP contribution in [0.2, 0.25) is 0 Å². The van der Waals surface area contributed by atoms with Crippen molar-refractivity contribution in [2.45, 2.75) is 70.0 Å². The zero-order valence-corrected chi connectivity index (χ0v) is 25.0. The Hall–Kier alpha value is -3.88. The quantitative estimate of drug-likeness (QED) is 0.273. The van der Waals surface area contributed by atoms with Gasteiger partial charge in [0.1, 0.15) is 0 Å². The Morgan fingerprint density at radius 1 is 1.02 bits per heavy atom. The molecule has 12 nitrogen and oxygen atoms in total. The highest BCUT2D eigenvalue weighted by Crippen LogP contribution is 2.28. The number of rotatable bonds is 10. The van der Waals surface area contributed by atoms with Gasteiger partial charge in [-0.05, 0) is 51.2 Å². The minimum Gasteiger partial charge on any atom is -0.393 e. The fourth-order valence-electron chi connectivity index (χ4n) is 4.82. The van der Waals surface area contributed by atoms with E-state index in [0.717, 1.165) is 28.9 Å². The van der Waals surface area contributed by atoms with Crippen LogP contribution >= 0.6 is 11.3 Å². The molecule has 1 aliphatic carbocycles. The number of aryl methyl sites for hydroxylation is 4. The highest BCUT2D eigenvalue weighted by molar-refractivity contribution is 7.92. The van der Waals surface area contributed by atoms with Gasteiger partial charge in [-0.1, -0.05) is 6.42 Å². The molecule has 2 atom stereocenters. The van der Waals surface area contributed by atoms with E-state index in [9.17, 15) is 18.3 Å². The first-order valence-electron chi connectivity index (χ1n) is 13.6. The van der Waals surface area contributed by atoms with Crippen molar-refractivity contribution in [1.29, 1.82) is 0 Å². The van der Waals surface area contributed by atoms with Crippen molar-refractivity contribution in [3.05, 3.63) is 76.3 Å². The average Bonchev–Trinajstić information content (AvgIpc) is 3.39. The van der Waals surface area contributed by atoms with Gasteiger partial charge in [0.15, 0.2) is 10.8 Å². The number of aliphatic hydroxyl groups is 1. The number of amides is 1. The third-order valence-electron chi connectivity index (χ3n) is 6.88. The van der Waals surface area contributed by atoms with Gasteiger partial charge >= 0.3 is 0 Å². The molecular weight excluding hydrogens is 576 g/mol. The predicted octanol–water partition coefficient (Wildman–Crippen LogP) is 3.41. The Morgan fingerprint density at radius 3 is 2.57 bits per heavy atom. The Labute approximate surface area is 248 Å². The smallest absolute Gasteiger partial charge is 0.281 e. The molecule has 220 valence electrons. The third-order valence-corrected chi connectivity index (χ3v) is 9.17. The van der Waals surface area contributed by atoms with E-state index in [1.807, 2.05) is 19.2 Å². The second kappa shape index (κ2) is 13.0. The molecule has 4 heterocycles. The lowest BCUT2D eigenvalue weighted by atomic mass is 9.86. The van der Waals surface area contributed by atoms with Crippen LogP contribution < -0.4 is 9.62 Å². The summed E-state index contributed by atoms with van der Waals surface area (Å²) in [4.78, 5) is 41.3. The van der Waals surface area contributed by atoms with E-state index in [1.54, 1.807) is 29.8 Å². The third kappa shape index (κ3) is 7.49. The lowest BCUT2D eigenvalue weighted by Crippen LogP contribution is -2.39. The van der Waals surface area contributed by atoms with Gasteiger partial charge in [0.25, 0.3) is 10.0 Å². The summed E-state index contributed by atoms with van der Waals surface area (Å²) in [6.07, 6.45) is 11.9. The standard InChI is InChI=1S/C28H32N8O4S2/c1-18-8-22(12-29-10-18)35-42(39,40)27-15-31-23(13-32-27)16-36(28(38)20-4-3-5-24(37)9-20)25-14-30-11-21(34-25)6-7-26-33-19(2)17-41-26/h8,10-15,17,20,24,35,37H,3-7,9,16H2,1-2H3. The van der Waals surface area contributed by atoms with Crippen LogP contribution in [-0.4, -0.2) is 55.4 Å². The van der Waals surface area contributed by atoms with Crippen molar-refractivity contribution < 1.29 is 18.3 Å². The Kier molecular flexibility index (Phi) is 9.14. The molecule has 0 aromatic carbocycles. The van der Waals surface area contributed by atoms with Gasteiger partial charge in [-0.15, -0.1) is 11.3 Å². The summed E-state index contributed by atoms with van der Waals surface area (Å²) >= 11 is 1.60. The molecule has 1 aliphatic rings. The van der Waals surface area contributed by atoms with Crippen LogP contribution in [-0.2, 0) is 34.2 Å². The second-order valence-corrected chi connectivity index (χ2v) is 13.0. The number of thiazole rings is 1. The van der Waals surface area contributed by atoms with E-state index in [4.69, 9.17) is 4.98 Å². The minimum absolute atomic E-state index is 0.0117. The van der Waals surface area contributed by atoms with E-state index in [1.165, 1.54) is 23.5 Å². The molecule has 14 heteroatoms. The normalized spacial score (nSPS) is 17.1. The first-order valence-corrected chi connectivity index (χ1v) is 16.0. The van der Waals surface area contributed by atoms with Crippen LogP contribution in [0.4, 0.5) is 11.5 Å². The average molecular weight is 609 g/mol. The molecule has 2 N–H and O–H groups in total. The minimum atomic E-state index is -4.00. The van der Waals surface area contributed by atoms with Crippen LogP contribution in [0.15, 0.2) is 53.7 Å². The summed E-state index contributed by atoms with van der Waals surface area (Å²) in [5, 5.41) is 13.0. The number of nitrogens with one attached hydrogen (secondary N) is 1. The zero-order valence-electron chi connectivity index (χ0n) is 23.3. The molecule has 0 bridgehead atoms. The summed E-state index contributed by atoms with van der Waals surface area (Å²) in [6, 6.07) is 1.66. The number of hydrogen-bond acceptors (Lipinski definition) is 11. The lowest BCUT2D eigenvalue weighted by Gasteiger charge is -2.30. The molecule has 0 aliphatic heterocycles. The Morgan fingerprint density at radius 2 is 1.86 bits per heavy atom. The SMILES string of the molecule is Cc1cncc(NS(=O)(=O)c2cnc(CN(C(=O)C3CCCC(O)C3)c3cncc(CCc4nc(C)cs4)n3)cn2)c1. The summed E-state index contributed by atoms with van der Waals surface area (Å²) in [5.74, 6) is -0.208. The molecule has 1 fully saturated rings. The first kappa shape index (κ1) is 29.6. The molecule has 0 spiro atoms. The number of aliphatic hydroxyl groups excluding tert-OH is 1. The topological polar surface area (TPSA) is 164 Å². The van der Waals surface area contributed by atoms with Gasteiger partial charge in [0.05, 0.1) is 59.5 Å². The summed E-state index contributed by atoms with van der Waals surface area (Å²) in [6.45, 7) is 3.77. The Balaban J connectivity index is 1.36. The van der Waals surface area contributed by atoms with Crippen molar-refractivity contribution in [2.75, 3.05) is 9.62 Å². The highest BCUT2D eigenvalue weighted by atomic mass is 32.2. The molecule has 4 aromatic heterocycles. The molecule has 42 heavy (non-hydrogen) atoms. The van der Waals surface area contributed by atoms with Crippen molar-refractivity contribution in [2.24, 2.45) is 5.92 Å². The van der Waals surface area contributed by atoms with Gasteiger partial charge in [-0.2, -0.15) is 8.42 Å². The molecule has 0 radical (unpaired) electrons. The van der Waals surface area contributed by atoms with E-state index in [-0.39, 0.29) is 23.4 Å². The first-order chi connectivity index (χ1) is 20.2. The molecule has 1 saturated carbocycles. The maximum atomic E-state index is 13.8. The van der Waals surface area contributed by atoms with Crippen molar-refractivity contribution in [1.82, 2.24) is 29.9 Å². The summed E-state index contributed by atoms with van der Waals surface area (Å²) in [7, 11) is -4.00. The molecule has 4 aromatic rings. The number of pyridine rings is 1. The summed E-state index contributed by atoms with van der Waals surface area (Å²) in [5.41, 5.74) is 3.18. The van der Waals surface area contributed by atoms with E-state index >= 15 is 0 Å². The van der Waals surface area contributed by atoms with E-state index in [2.05, 4.69) is 29.6 Å². The van der Waals surface area contributed by atoms with Crippen LogP contribution in [0.1, 0.15) is 53.3 Å². The zero-order chi connectivity index (χ0) is 29.7. The number of nitrogens with zero attached hydrogens (tertiary/aromatic N) is 7. The number of hydrogen-bond donors (Lipinski definition) is 2. The molecule has 1 amide bonds. The number of anilines is 2. The van der Waals surface area contributed by atoms with E-state index < -0.39 is 16.1 Å². The van der Waals surface area contributed by atoms with Crippen molar-refractivity contribution in [3.63, 3.8) is 0 Å². The lowest BCUT2D eigenvalue weighted by molar-refractivity contribution is -0.124. The second-order valence-electron chi connectivity index (χ2n) is 10.4. The molecular formula is C28H32N8O4S2. The maximum Gasteiger partial charge on any atom is 0.281 e. The molecule has 0 saturated heterocycles. The molecule has 2 unspecified atom stereocenters. The fourth-order valence-corrected chi connectivity index (χ4v) is 6.51. The van der Waals surface area contributed by atoms with Gasteiger partial charge in [-0.3, -0.25) is 29.4 Å². The number of sulfonamides is 1. The fraction of sp³-hybridized carbons (Fsp3) is 0.393. The van der Waals surface area contributed by atoms with Crippen LogP contribution in [0.3, 0.4) is 0 Å². The van der Waals surface area contributed by atoms with E-state index in [0.29, 0.717) is 55.0 Å². The molecule has 5 rings (SSSR count).